The van der Waals surface area contributed by atoms with E-state index >= 15 is 0 Å². The highest BCUT2D eigenvalue weighted by Gasteiger charge is 2.19. The molecule has 0 aliphatic rings. The second-order valence-corrected chi connectivity index (χ2v) is 5.32. The lowest BCUT2D eigenvalue weighted by molar-refractivity contribution is 0.0983. The predicted octanol–water partition coefficient (Wildman–Crippen LogP) is 2.50. The van der Waals surface area contributed by atoms with Gasteiger partial charge < -0.3 is 0 Å². The summed E-state index contributed by atoms with van der Waals surface area (Å²) in [5.41, 5.74) is 0.802. The van der Waals surface area contributed by atoms with E-state index in [1.165, 1.54) is 6.20 Å². The maximum atomic E-state index is 13.3. The molecule has 1 rings (SSSR count). The number of hydrogen-bond donors (Lipinski definition) is 0. The molecule has 2 nitrogen and oxygen atoms in total. The number of pyridine rings is 1. The molecule has 0 bridgehead atoms. The summed E-state index contributed by atoms with van der Waals surface area (Å²) in [6.45, 7) is 1.77. The van der Waals surface area contributed by atoms with Gasteiger partial charge in [-0.15, -0.1) is 0 Å². The Bertz CT molecular complexity index is 332. The minimum absolute atomic E-state index is 0.0338. The van der Waals surface area contributed by atoms with E-state index in [2.05, 4.69) is 23.5 Å². The molecule has 0 spiro atoms. The number of rotatable bonds is 3. The number of alkyl halides is 1. The van der Waals surface area contributed by atoms with Crippen LogP contribution in [0, 0.1) is 0 Å². The predicted molar refractivity (Wildman–Crippen MR) is 61.1 cm³/mol. The van der Waals surface area contributed by atoms with Gasteiger partial charge in [0.25, 0.3) is 0 Å². The third-order valence-electron chi connectivity index (χ3n) is 1.81. The molecule has 0 saturated heterocycles. The summed E-state index contributed by atoms with van der Waals surface area (Å²) in [6, 6.07) is 3.11. The van der Waals surface area contributed by atoms with Crippen LogP contribution < -0.4 is 0 Å². The summed E-state index contributed by atoms with van der Waals surface area (Å²) in [5, 5.41) is -1.57. The molecule has 0 saturated carbocycles. The zero-order valence-corrected chi connectivity index (χ0v) is 10.1. The molecule has 0 amide bonds. The van der Waals surface area contributed by atoms with Crippen LogP contribution >= 0.6 is 18.5 Å². The Morgan fingerprint density at radius 2 is 2.21 bits per heavy atom. The van der Waals surface area contributed by atoms with Crippen LogP contribution in [0.5, 0.6) is 0 Å². The van der Waals surface area contributed by atoms with Crippen molar-refractivity contribution in [1.29, 1.82) is 0 Å². The number of aromatic nitrogens is 1. The van der Waals surface area contributed by atoms with Gasteiger partial charge in [0, 0.05) is 18.2 Å². The molecule has 0 radical (unpaired) electrons. The lowest BCUT2D eigenvalue weighted by atomic mass is 10.2. The fraction of sp³-hybridized carbons (Fsp3) is 0.333. The van der Waals surface area contributed by atoms with Crippen molar-refractivity contribution < 1.29 is 9.18 Å². The van der Waals surface area contributed by atoms with E-state index in [1.807, 2.05) is 0 Å². The molecule has 2 unspecified atom stereocenters. The van der Waals surface area contributed by atoms with E-state index in [-0.39, 0.29) is 5.78 Å². The largest absolute Gasteiger partial charge is 0.292 e. The summed E-state index contributed by atoms with van der Waals surface area (Å²) < 4.78 is 13.3. The monoisotopic (exact) mass is 231 g/mol. The quantitative estimate of drug-likeness (QED) is 0.591. The Morgan fingerprint density at radius 3 is 2.57 bits per heavy atom. The molecule has 0 aliphatic carbocycles. The Balaban J connectivity index is 2.95. The minimum atomic E-state index is -1.57. The fourth-order valence-corrected chi connectivity index (χ4v) is 1.31. The summed E-state index contributed by atoms with van der Waals surface area (Å²) in [7, 11) is 4.11. The van der Waals surface area contributed by atoms with Crippen LogP contribution in [0.2, 0.25) is 0 Å². The Kier molecular flexibility index (Phi) is 3.69. The first-order chi connectivity index (χ1) is 6.45. The lowest BCUT2D eigenvalue weighted by Crippen LogP contribution is -2.04. The van der Waals surface area contributed by atoms with E-state index in [0.29, 0.717) is 17.7 Å². The van der Waals surface area contributed by atoms with E-state index in [9.17, 15) is 9.18 Å². The summed E-state index contributed by atoms with van der Waals surface area (Å²) in [4.78, 5) is 15.1. The van der Waals surface area contributed by atoms with Crippen molar-refractivity contribution in [1.82, 2.24) is 4.98 Å². The van der Waals surface area contributed by atoms with Crippen LogP contribution in [0.4, 0.5) is 4.39 Å². The molecular weight excluding hydrogens is 219 g/mol. The first-order valence-electron chi connectivity index (χ1n) is 4.21. The van der Waals surface area contributed by atoms with E-state index in [0.717, 1.165) is 0 Å². The Morgan fingerprint density at radius 1 is 1.57 bits per heavy atom. The van der Waals surface area contributed by atoms with E-state index in [1.54, 1.807) is 19.1 Å². The highest BCUT2D eigenvalue weighted by atomic mass is 31.1. The van der Waals surface area contributed by atoms with Gasteiger partial charge >= 0.3 is 0 Å². The molecule has 0 N–H and O–H groups in total. The Hall–Kier alpha value is -0.390. The van der Waals surface area contributed by atoms with Gasteiger partial charge in [0.1, 0.15) is 5.69 Å². The molecule has 1 aromatic heterocycles. The van der Waals surface area contributed by atoms with Gasteiger partial charge in [0.15, 0.2) is 10.9 Å². The van der Waals surface area contributed by atoms with Crippen LogP contribution in [-0.2, 0) is 5.15 Å². The van der Waals surface area contributed by atoms with Crippen molar-refractivity contribution in [3.63, 3.8) is 0 Å². The third kappa shape index (κ3) is 2.80. The average Bonchev–Trinajstić information content (AvgIpc) is 2.15. The first kappa shape index (κ1) is 11.7. The van der Waals surface area contributed by atoms with Crippen LogP contribution in [0.1, 0.15) is 29.4 Å². The van der Waals surface area contributed by atoms with Gasteiger partial charge in [-0.2, -0.15) is 0 Å². The average molecular weight is 231 g/mol. The van der Waals surface area contributed by atoms with Crippen molar-refractivity contribution in [2.75, 3.05) is 0 Å². The van der Waals surface area contributed by atoms with Gasteiger partial charge in [0.05, 0.1) is 0 Å². The van der Waals surface area contributed by atoms with Crippen LogP contribution in [0.3, 0.4) is 0 Å². The van der Waals surface area contributed by atoms with Crippen LogP contribution in [0.25, 0.3) is 0 Å². The lowest BCUT2D eigenvalue weighted by Gasteiger charge is -2.13. The molecule has 0 fully saturated rings. The second kappa shape index (κ2) is 4.42. The molecule has 1 heterocycles. The molecule has 0 aromatic carbocycles. The van der Waals surface area contributed by atoms with Crippen LogP contribution in [-0.4, -0.2) is 10.8 Å². The number of hydrogen-bond acceptors (Lipinski definition) is 2. The van der Waals surface area contributed by atoms with Gasteiger partial charge in [-0.05, 0) is 6.07 Å². The standard InChI is InChI=1S/C9H12FNOP2/c1-2-8(12)7-4-3-6(5-11-7)9(10,13)14/h3-5H,2,13-14H2,1H3. The SMILES string of the molecule is CCC(=O)c1ccc(C(F)(P)P)cn1. The van der Waals surface area contributed by atoms with E-state index in [4.69, 9.17) is 0 Å². The number of ketones is 1. The molecule has 1 aromatic rings. The fourth-order valence-electron chi connectivity index (χ4n) is 0.967. The first-order valence-corrected chi connectivity index (χ1v) is 5.37. The molecule has 76 valence electrons. The van der Waals surface area contributed by atoms with E-state index < -0.39 is 5.15 Å². The topological polar surface area (TPSA) is 30.0 Å². The number of nitrogens with zero attached hydrogens (tertiary/aromatic N) is 1. The molecule has 14 heavy (non-hydrogen) atoms. The molecule has 2 atom stereocenters. The van der Waals surface area contributed by atoms with Gasteiger partial charge in [0.2, 0.25) is 0 Å². The van der Waals surface area contributed by atoms with Crippen molar-refractivity contribution in [2.45, 2.75) is 18.5 Å². The van der Waals surface area contributed by atoms with Gasteiger partial charge in [-0.1, -0.05) is 31.5 Å². The second-order valence-electron chi connectivity index (χ2n) is 2.98. The van der Waals surface area contributed by atoms with Crippen molar-refractivity contribution >= 4 is 24.3 Å². The van der Waals surface area contributed by atoms with Crippen molar-refractivity contribution in [3.8, 4) is 0 Å². The summed E-state index contributed by atoms with van der Waals surface area (Å²) in [6.07, 6.45) is 1.79. The van der Waals surface area contributed by atoms with Crippen molar-refractivity contribution in [2.24, 2.45) is 0 Å². The number of Topliss-reactive ketones (excluding diaryl/α,β-unsaturated/α-hetero) is 1. The maximum absolute atomic E-state index is 13.3. The zero-order chi connectivity index (χ0) is 10.8. The third-order valence-corrected chi connectivity index (χ3v) is 2.48. The Labute approximate surface area is 87.1 Å². The molecular formula is C9H12FNOP2. The number of carbonyl (C=O) groups is 1. The molecule has 5 heteroatoms. The highest BCUT2D eigenvalue weighted by molar-refractivity contribution is 7.38. The molecule has 0 aliphatic heterocycles. The smallest absolute Gasteiger partial charge is 0.180 e. The minimum Gasteiger partial charge on any atom is -0.292 e. The number of halogens is 1. The van der Waals surface area contributed by atoms with Gasteiger partial charge in [-0.3, -0.25) is 9.78 Å². The maximum Gasteiger partial charge on any atom is 0.180 e. The number of carbonyl (C=O) groups excluding carboxylic acids is 1. The summed E-state index contributed by atoms with van der Waals surface area (Å²) in [5.74, 6) is -0.0338. The van der Waals surface area contributed by atoms with Crippen LogP contribution in [0.15, 0.2) is 18.3 Å². The van der Waals surface area contributed by atoms with Crippen molar-refractivity contribution in [3.05, 3.63) is 29.6 Å². The highest BCUT2D eigenvalue weighted by Crippen LogP contribution is 2.39. The normalized spacial score (nSPS) is 11.4. The zero-order valence-electron chi connectivity index (χ0n) is 7.83. The van der Waals surface area contributed by atoms with Gasteiger partial charge in [-0.25, -0.2) is 4.39 Å². The summed E-state index contributed by atoms with van der Waals surface area (Å²) >= 11 is 0.